The van der Waals surface area contributed by atoms with Crippen molar-refractivity contribution in [1.82, 2.24) is 4.31 Å². The van der Waals surface area contributed by atoms with Gasteiger partial charge >= 0.3 is 0 Å². The van der Waals surface area contributed by atoms with Crippen molar-refractivity contribution in [3.8, 4) is 5.75 Å². The van der Waals surface area contributed by atoms with Crippen LogP contribution in [0.4, 0.5) is 0 Å². The van der Waals surface area contributed by atoms with Crippen LogP contribution in [0.5, 0.6) is 5.75 Å². The van der Waals surface area contributed by atoms with Gasteiger partial charge in [-0.3, -0.25) is 4.79 Å². The molecule has 3 rings (SSSR count). The smallest absolute Gasteiger partial charge is 0.273 e. The van der Waals surface area contributed by atoms with Gasteiger partial charge < -0.3 is 4.74 Å². The highest BCUT2D eigenvalue weighted by Gasteiger charge is 2.39. The summed E-state index contributed by atoms with van der Waals surface area (Å²) in [5.41, 5.74) is 0.00833. The van der Waals surface area contributed by atoms with E-state index in [0.29, 0.717) is 15.5 Å². The lowest BCUT2D eigenvalue weighted by molar-refractivity contribution is 0.0906. The molecular formula is C16H13NO6S2. The standard InChI is InChI=1S/C16H13NO6S2/c1-23-12-6-8-13(9-7-12)24(19,20)11-10-17-16(18)14-4-2-3-5-15(14)25(17,21)22/h2-11H,1H3/b11-10+. The van der Waals surface area contributed by atoms with Gasteiger partial charge in [0.2, 0.25) is 9.84 Å². The van der Waals surface area contributed by atoms with Crippen molar-refractivity contribution in [1.29, 1.82) is 0 Å². The van der Waals surface area contributed by atoms with E-state index in [1.165, 1.54) is 55.6 Å². The van der Waals surface area contributed by atoms with Crippen molar-refractivity contribution < 1.29 is 26.4 Å². The van der Waals surface area contributed by atoms with Gasteiger partial charge in [0, 0.05) is 6.20 Å². The number of benzene rings is 2. The first-order chi connectivity index (χ1) is 11.8. The van der Waals surface area contributed by atoms with Crippen LogP contribution in [0.3, 0.4) is 0 Å². The monoisotopic (exact) mass is 379 g/mol. The molecule has 1 heterocycles. The molecule has 0 bridgehead atoms. The van der Waals surface area contributed by atoms with Gasteiger partial charge in [0.15, 0.2) is 0 Å². The van der Waals surface area contributed by atoms with E-state index in [1.54, 1.807) is 0 Å². The Balaban J connectivity index is 1.95. The Morgan fingerprint density at radius 1 is 1.04 bits per heavy atom. The van der Waals surface area contributed by atoms with Crippen molar-refractivity contribution in [2.24, 2.45) is 0 Å². The Morgan fingerprint density at radius 3 is 2.28 bits per heavy atom. The molecule has 0 N–H and O–H groups in total. The summed E-state index contributed by atoms with van der Waals surface area (Å²) in [4.78, 5) is 12.0. The second-order valence-electron chi connectivity index (χ2n) is 5.11. The number of nitrogens with zero attached hydrogens (tertiary/aromatic N) is 1. The summed E-state index contributed by atoms with van der Waals surface area (Å²) in [5, 5.41) is 0.691. The first-order valence-corrected chi connectivity index (χ1v) is 10.0. The number of carbonyl (C=O) groups is 1. The molecule has 130 valence electrons. The van der Waals surface area contributed by atoms with Crippen LogP contribution in [0.1, 0.15) is 10.4 Å². The maximum atomic E-state index is 12.4. The van der Waals surface area contributed by atoms with E-state index in [2.05, 4.69) is 0 Å². The molecule has 0 radical (unpaired) electrons. The minimum atomic E-state index is -4.10. The van der Waals surface area contributed by atoms with Gasteiger partial charge in [-0.15, -0.1) is 0 Å². The van der Waals surface area contributed by atoms with Gasteiger partial charge in [0.05, 0.1) is 23.0 Å². The molecule has 7 nitrogen and oxygen atoms in total. The molecule has 9 heteroatoms. The zero-order valence-electron chi connectivity index (χ0n) is 13.0. The summed E-state index contributed by atoms with van der Waals surface area (Å²) in [6, 6.07) is 11.3. The molecule has 1 amide bonds. The second kappa shape index (κ2) is 6.01. The quantitative estimate of drug-likeness (QED) is 0.803. The van der Waals surface area contributed by atoms with Crippen LogP contribution < -0.4 is 4.74 Å². The molecule has 0 unspecified atom stereocenters. The fourth-order valence-corrected chi connectivity index (χ4v) is 4.79. The normalized spacial score (nSPS) is 16.2. The van der Waals surface area contributed by atoms with Crippen molar-refractivity contribution in [3.63, 3.8) is 0 Å². The lowest BCUT2D eigenvalue weighted by atomic mass is 10.2. The number of hydrogen-bond donors (Lipinski definition) is 0. The van der Waals surface area contributed by atoms with Crippen LogP contribution in [-0.2, 0) is 19.9 Å². The molecule has 2 aromatic rings. The van der Waals surface area contributed by atoms with E-state index in [1.807, 2.05) is 0 Å². The van der Waals surface area contributed by atoms with Gasteiger partial charge in [-0.1, -0.05) is 12.1 Å². The van der Waals surface area contributed by atoms with E-state index in [-0.39, 0.29) is 15.4 Å². The molecule has 0 aliphatic carbocycles. The van der Waals surface area contributed by atoms with Crippen LogP contribution in [-0.4, -0.2) is 34.2 Å². The third kappa shape index (κ3) is 2.92. The summed E-state index contributed by atoms with van der Waals surface area (Å²) in [6.07, 6.45) is 0.761. The molecule has 1 aliphatic rings. The predicted molar refractivity (Wildman–Crippen MR) is 89.1 cm³/mol. The Morgan fingerprint density at radius 2 is 1.68 bits per heavy atom. The minimum Gasteiger partial charge on any atom is -0.497 e. The topological polar surface area (TPSA) is 97.8 Å². The number of fused-ring (bicyclic) bond motifs is 1. The zero-order chi connectivity index (χ0) is 18.2. The van der Waals surface area contributed by atoms with Crippen LogP contribution >= 0.6 is 0 Å². The van der Waals surface area contributed by atoms with E-state index in [4.69, 9.17) is 4.74 Å². The number of hydrogen-bond acceptors (Lipinski definition) is 6. The van der Waals surface area contributed by atoms with Crippen molar-refractivity contribution in [2.75, 3.05) is 7.11 Å². The minimum absolute atomic E-state index is 0.00833. The second-order valence-corrected chi connectivity index (χ2v) is 8.72. The summed E-state index contributed by atoms with van der Waals surface area (Å²) in [6.45, 7) is 0. The summed E-state index contributed by atoms with van der Waals surface area (Å²) in [7, 11) is -6.58. The van der Waals surface area contributed by atoms with Crippen molar-refractivity contribution in [3.05, 3.63) is 65.7 Å². The molecule has 0 fully saturated rings. The van der Waals surface area contributed by atoms with E-state index in [9.17, 15) is 21.6 Å². The maximum absolute atomic E-state index is 12.4. The van der Waals surface area contributed by atoms with Crippen LogP contribution in [0.25, 0.3) is 0 Å². The average molecular weight is 379 g/mol. The Kier molecular flexibility index (Phi) is 4.13. The average Bonchev–Trinajstić information content (AvgIpc) is 2.80. The van der Waals surface area contributed by atoms with Crippen molar-refractivity contribution in [2.45, 2.75) is 9.79 Å². The fraction of sp³-hybridized carbons (Fsp3) is 0.0625. The molecular weight excluding hydrogens is 366 g/mol. The summed E-state index contributed by atoms with van der Waals surface area (Å²) >= 11 is 0. The third-order valence-electron chi connectivity index (χ3n) is 3.62. The lowest BCUT2D eigenvalue weighted by Gasteiger charge is -2.09. The number of rotatable bonds is 4. The Labute approximate surface area is 145 Å². The molecule has 0 spiro atoms. The summed E-state index contributed by atoms with van der Waals surface area (Å²) in [5.74, 6) is -0.313. The first kappa shape index (κ1) is 17.2. The van der Waals surface area contributed by atoms with Crippen LogP contribution in [0, 0.1) is 0 Å². The highest BCUT2D eigenvalue weighted by Crippen LogP contribution is 2.30. The van der Waals surface area contributed by atoms with Gasteiger partial charge in [-0.2, -0.15) is 0 Å². The number of methoxy groups -OCH3 is 1. The number of ether oxygens (including phenoxy) is 1. The Hall–Kier alpha value is -2.65. The molecule has 0 aromatic heterocycles. The molecule has 1 aliphatic heterocycles. The van der Waals surface area contributed by atoms with Gasteiger partial charge in [-0.05, 0) is 36.4 Å². The number of amides is 1. The number of carbonyl (C=O) groups excluding carboxylic acids is 1. The predicted octanol–water partition coefficient (Wildman–Crippen LogP) is 1.78. The number of sulfonamides is 1. The fourth-order valence-electron chi connectivity index (χ4n) is 2.33. The van der Waals surface area contributed by atoms with E-state index >= 15 is 0 Å². The van der Waals surface area contributed by atoms with Gasteiger partial charge in [0.1, 0.15) is 10.6 Å². The first-order valence-electron chi connectivity index (χ1n) is 7.02. The van der Waals surface area contributed by atoms with E-state index < -0.39 is 25.8 Å². The Bertz CT molecular complexity index is 1070. The molecule has 0 saturated carbocycles. The largest absolute Gasteiger partial charge is 0.497 e. The SMILES string of the molecule is COc1ccc(S(=O)(=O)/C=C/N2C(=O)c3ccccc3S2(=O)=O)cc1. The van der Waals surface area contributed by atoms with Gasteiger partial charge in [0.25, 0.3) is 15.9 Å². The highest BCUT2D eigenvalue weighted by molar-refractivity contribution is 7.94. The molecule has 0 atom stereocenters. The van der Waals surface area contributed by atoms with Crippen LogP contribution in [0.15, 0.2) is 69.9 Å². The van der Waals surface area contributed by atoms with Gasteiger partial charge in [-0.25, -0.2) is 21.1 Å². The zero-order valence-corrected chi connectivity index (χ0v) is 14.6. The number of sulfone groups is 1. The molecule has 25 heavy (non-hydrogen) atoms. The van der Waals surface area contributed by atoms with Crippen molar-refractivity contribution >= 4 is 25.8 Å². The summed E-state index contributed by atoms with van der Waals surface area (Å²) < 4.78 is 54.8. The van der Waals surface area contributed by atoms with Crippen LogP contribution in [0.2, 0.25) is 0 Å². The third-order valence-corrected chi connectivity index (χ3v) is 6.74. The molecule has 2 aromatic carbocycles. The van der Waals surface area contributed by atoms with E-state index in [0.717, 1.165) is 6.20 Å². The highest BCUT2D eigenvalue weighted by atomic mass is 32.2. The maximum Gasteiger partial charge on any atom is 0.273 e. The lowest BCUT2D eigenvalue weighted by Crippen LogP contribution is -2.24. The molecule has 0 saturated heterocycles.